The van der Waals surface area contributed by atoms with E-state index in [1.54, 1.807) is 6.92 Å². The summed E-state index contributed by atoms with van der Waals surface area (Å²) >= 11 is 0. The Morgan fingerprint density at radius 1 is 1.30 bits per heavy atom. The van der Waals surface area contributed by atoms with Crippen molar-refractivity contribution in [1.82, 2.24) is 4.31 Å². The average Bonchev–Trinajstić information content (AvgIpc) is 2.42. The maximum atomic E-state index is 13.7. The van der Waals surface area contributed by atoms with E-state index < -0.39 is 22.4 Å². The molecule has 0 saturated heterocycles. The number of hydrogen-bond acceptors (Lipinski definition) is 3. The van der Waals surface area contributed by atoms with E-state index in [-0.39, 0.29) is 16.0 Å². The Morgan fingerprint density at radius 2 is 1.95 bits per heavy atom. The number of benzene rings is 1. The number of aliphatic hydroxyl groups is 1. The summed E-state index contributed by atoms with van der Waals surface area (Å²) in [6.45, 7) is 5.56. The van der Waals surface area contributed by atoms with Gasteiger partial charge in [-0.1, -0.05) is 20.3 Å². The third-order valence-electron chi connectivity index (χ3n) is 3.23. The van der Waals surface area contributed by atoms with Crippen molar-refractivity contribution in [3.05, 3.63) is 29.1 Å². The lowest BCUT2D eigenvalue weighted by molar-refractivity contribution is 0.275. The third kappa shape index (κ3) is 3.56. The van der Waals surface area contributed by atoms with Gasteiger partial charge in [-0.05, 0) is 31.0 Å². The van der Waals surface area contributed by atoms with Crippen molar-refractivity contribution in [2.24, 2.45) is 0 Å². The minimum Gasteiger partial charge on any atom is -0.392 e. The van der Waals surface area contributed by atoms with E-state index in [4.69, 9.17) is 5.11 Å². The van der Waals surface area contributed by atoms with E-state index in [1.807, 2.05) is 6.92 Å². The molecule has 0 aliphatic carbocycles. The van der Waals surface area contributed by atoms with Crippen LogP contribution in [0.15, 0.2) is 17.0 Å². The van der Waals surface area contributed by atoms with Crippen LogP contribution in [0.2, 0.25) is 0 Å². The number of aliphatic hydroxyl groups excluding tert-OH is 1. The Labute approximate surface area is 120 Å². The summed E-state index contributed by atoms with van der Waals surface area (Å²) in [6, 6.07) is 2.53. The van der Waals surface area contributed by atoms with E-state index >= 15 is 0 Å². The fourth-order valence-corrected chi connectivity index (χ4v) is 3.63. The average molecular weight is 303 g/mol. The number of hydrogen-bond donors (Lipinski definition) is 1. The minimum atomic E-state index is -3.64. The molecule has 0 spiro atoms. The summed E-state index contributed by atoms with van der Waals surface area (Å²) in [5.41, 5.74) is 0.233. The summed E-state index contributed by atoms with van der Waals surface area (Å²) < 4.78 is 40.1. The van der Waals surface area contributed by atoms with Gasteiger partial charge in [0.2, 0.25) is 10.0 Å². The Morgan fingerprint density at radius 3 is 2.45 bits per heavy atom. The maximum absolute atomic E-state index is 13.7. The quantitative estimate of drug-likeness (QED) is 0.841. The molecular formula is C14H22FNO3S. The zero-order valence-electron chi connectivity index (χ0n) is 12.2. The number of halogens is 1. The summed E-state index contributed by atoms with van der Waals surface area (Å²) in [7, 11) is -3.64. The van der Waals surface area contributed by atoms with Gasteiger partial charge < -0.3 is 5.11 Å². The molecule has 20 heavy (non-hydrogen) atoms. The Kier molecular flexibility index (Phi) is 6.10. The molecule has 1 rings (SSSR count). The SMILES string of the molecule is CCCCN(CC)S(=O)(=O)c1cc(C)c(F)c(CO)c1. The van der Waals surface area contributed by atoms with Crippen LogP contribution in [0, 0.1) is 12.7 Å². The highest BCUT2D eigenvalue weighted by Crippen LogP contribution is 2.22. The standard InChI is InChI=1S/C14H22FNO3S/c1-4-6-7-16(5-2)20(18,19)13-8-11(3)14(15)12(9-13)10-17/h8-9,17H,4-7,10H2,1-3H3. The maximum Gasteiger partial charge on any atom is 0.243 e. The van der Waals surface area contributed by atoms with Gasteiger partial charge in [0.15, 0.2) is 0 Å². The van der Waals surface area contributed by atoms with Crippen molar-refractivity contribution in [2.45, 2.75) is 45.1 Å². The van der Waals surface area contributed by atoms with Crippen molar-refractivity contribution in [3.8, 4) is 0 Å². The molecular weight excluding hydrogens is 281 g/mol. The smallest absolute Gasteiger partial charge is 0.243 e. The van der Waals surface area contributed by atoms with Crippen LogP contribution in [0.4, 0.5) is 4.39 Å². The molecule has 0 heterocycles. The van der Waals surface area contributed by atoms with Crippen molar-refractivity contribution in [3.63, 3.8) is 0 Å². The van der Waals surface area contributed by atoms with E-state index in [0.717, 1.165) is 12.8 Å². The molecule has 114 valence electrons. The van der Waals surface area contributed by atoms with Gasteiger partial charge in [-0.15, -0.1) is 0 Å². The highest BCUT2D eigenvalue weighted by molar-refractivity contribution is 7.89. The Bertz CT molecular complexity index is 558. The monoisotopic (exact) mass is 303 g/mol. The topological polar surface area (TPSA) is 57.6 Å². The van der Waals surface area contributed by atoms with Gasteiger partial charge in [-0.25, -0.2) is 12.8 Å². The summed E-state index contributed by atoms with van der Waals surface area (Å²) in [5.74, 6) is -0.553. The van der Waals surface area contributed by atoms with Crippen molar-refractivity contribution in [1.29, 1.82) is 0 Å². The largest absolute Gasteiger partial charge is 0.392 e. The molecule has 0 atom stereocenters. The van der Waals surface area contributed by atoms with Gasteiger partial charge in [0.25, 0.3) is 0 Å². The summed E-state index contributed by atoms with van der Waals surface area (Å²) in [4.78, 5) is 0.0402. The second-order valence-corrected chi connectivity index (χ2v) is 6.66. The lowest BCUT2D eigenvalue weighted by atomic mass is 10.1. The second-order valence-electron chi connectivity index (χ2n) is 4.72. The van der Waals surface area contributed by atoms with Crippen LogP contribution in [0.5, 0.6) is 0 Å². The summed E-state index contributed by atoms with van der Waals surface area (Å²) in [5, 5.41) is 9.12. The first kappa shape index (κ1) is 17.1. The van der Waals surface area contributed by atoms with Gasteiger partial charge in [-0.2, -0.15) is 4.31 Å². The molecule has 0 aromatic heterocycles. The van der Waals surface area contributed by atoms with Gasteiger partial charge in [0, 0.05) is 18.7 Å². The molecule has 0 bridgehead atoms. The van der Waals surface area contributed by atoms with Gasteiger partial charge >= 0.3 is 0 Å². The highest BCUT2D eigenvalue weighted by Gasteiger charge is 2.24. The normalized spacial score (nSPS) is 12.1. The predicted octanol–water partition coefficient (Wildman–Crippen LogP) is 2.44. The molecule has 1 aromatic rings. The summed E-state index contributed by atoms with van der Waals surface area (Å²) in [6.07, 6.45) is 1.68. The van der Waals surface area contributed by atoms with Crippen molar-refractivity contribution in [2.75, 3.05) is 13.1 Å². The van der Waals surface area contributed by atoms with Gasteiger partial charge in [0.1, 0.15) is 5.82 Å². The second kappa shape index (κ2) is 7.15. The zero-order valence-corrected chi connectivity index (χ0v) is 13.0. The lowest BCUT2D eigenvalue weighted by Gasteiger charge is -2.21. The van der Waals surface area contributed by atoms with Crippen LogP contribution < -0.4 is 0 Å². The molecule has 6 heteroatoms. The van der Waals surface area contributed by atoms with Crippen LogP contribution in [0.3, 0.4) is 0 Å². The van der Waals surface area contributed by atoms with E-state index in [1.165, 1.54) is 23.4 Å². The molecule has 0 saturated carbocycles. The highest BCUT2D eigenvalue weighted by atomic mass is 32.2. The first-order valence-corrected chi connectivity index (χ1v) is 8.22. The lowest BCUT2D eigenvalue weighted by Crippen LogP contribution is -2.32. The Balaban J connectivity index is 3.23. The zero-order chi connectivity index (χ0) is 15.3. The molecule has 0 fully saturated rings. The first-order chi connectivity index (χ1) is 9.38. The molecule has 1 aromatic carbocycles. The molecule has 0 amide bonds. The van der Waals surface area contributed by atoms with E-state index in [0.29, 0.717) is 13.1 Å². The number of rotatable bonds is 7. The minimum absolute atomic E-state index is 0.00937. The fraction of sp³-hybridized carbons (Fsp3) is 0.571. The van der Waals surface area contributed by atoms with Crippen LogP contribution >= 0.6 is 0 Å². The molecule has 4 nitrogen and oxygen atoms in total. The Hall–Kier alpha value is -0.980. The number of nitrogens with zero attached hydrogens (tertiary/aromatic N) is 1. The molecule has 0 aliphatic rings. The number of sulfonamides is 1. The van der Waals surface area contributed by atoms with Crippen LogP contribution in [-0.4, -0.2) is 30.9 Å². The third-order valence-corrected chi connectivity index (χ3v) is 5.18. The molecule has 1 N–H and O–H groups in total. The van der Waals surface area contributed by atoms with Crippen LogP contribution in [-0.2, 0) is 16.6 Å². The molecule has 0 unspecified atom stereocenters. The van der Waals surface area contributed by atoms with Crippen LogP contribution in [0.25, 0.3) is 0 Å². The number of unbranched alkanes of at least 4 members (excludes halogenated alkanes) is 1. The number of aryl methyl sites for hydroxylation is 1. The molecule has 0 aliphatic heterocycles. The first-order valence-electron chi connectivity index (χ1n) is 6.78. The van der Waals surface area contributed by atoms with E-state index in [2.05, 4.69) is 0 Å². The van der Waals surface area contributed by atoms with Gasteiger partial charge in [-0.3, -0.25) is 0 Å². The molecule has 0 radical (unpaired) electrons. The van der Waals surface area contributed by atoms with E-state index in [9.17, 15) is 12.8 Å². The van der Waals surface area contributed by atoms with Crippen molar-refractivity contribution >= 4 is 10.0 Å². The van der Waals surface area contributed by atoms with Crippen molar-refractivity contribution < 1.29 is 17.9 Å². The van der Waals surface area contributed by atoms with Crippen LogP contribution in [0.1, 0.15) is 37.8 Å². The predicted molar refractivity (Wildman–Crippen MR) is 76.4 cm³/mol. The van der Waals surface area contributed by atoms with Gasteiger partial charge in [0.05, 0.1) is 11.5 Å². The fourth-order valence-electron chi connectivity index (χ4n) is 2.00.